The van der Waals surface area contributed by atoms with Crippen LogP contribution in [0.25, 0.3) is 5.69 Å². The number of halogens is 4. The van der Waals surface area contributed by atoms with Crippen LogP contribution < -0.4 is 10.6 Å². The van der Waals surface area contributed by atoms with Crippen molar-refractivity contribution in [3.63, 3.8) is 0 Å². The highest BCUT2D eigenvalue weighted by atomic mass is 35.5. The third-order valence-corrected chi connectivity index (χ3v) is 10.8. The number of amides is 2. The molecule has 1 saturated heterocycles. The molecule has 2 amide bonds. The molecule has 2 N–H and O–H groups in total. The lowest BCUT2D eigenvalue weighted by Gasteiger charge is -2.16. The Morgan fingerprint density at radius 2 is 1.70 bits per heavy atom. The van der Waals surface area contributed by atoms with Gasteiger partial charge in [0.25, 0.3) is 5.91 Å². The molecule has 1 aromatic heterocycles. The Kier molecular flexibility index (Phi) is 10.3. The smallest absolute Gasteiger partial charge is 0.345 e. The van der Waals surface area contributed by atoms with Crippen LogP contribution in [0.1, 0.15) is 45.7 Å². The fourth-order valence-corrected chi connectivity index (χ4v) is 7.40. The van der Waals surface area contributed by atoms with Gasteiger partial charge in [-0.15, -0.1) is 10.2 Å². The summed E-state index contributed by atoms with van der Waals surface area (Å²) in [6, 6.07) is 14.0. The van der Waals surface area contributed by atoms with E-state index in [9.17, 15) is 31.2 Å². The van der Waals surface area contributed by atoms with E-state index >= 15 is 0 Å². The van der Waals surface area contributed by atoms with Crippen molar-refractivity contribution in [3.05, 3.63) is 93.8 Å². The molecule has 0 spiro atoms. The van der Waals surface area contributed by atoms with E-state index in [4.69, 9.17) is 11.6 Å². The third-order valence-electron chi connectivity index (χ3n) is 7.64. The number of benzene rings is 3. The Morgan fingerprint density at radius 3 is 2.38 bits per heavy atom. The number of nitrogens with zero attached hydrogens (tertiary/aromatic N) is 4. The molecule has 0 unspecified atom stereocenters. The Balaban J connectivity index is 1.32. The molecule has 3 aromatic carbocycles. The quantitative estimate of drug-likeness (QED) is 0.194. The fraction of sp³-hybridized carbons (Fsp3) is 0.290. The minimum Gasteiger partial charge on any atom is -0.345 e. The number of hydrogen-bond acceptors (Lipinski definition) is 7. The first-order chi connectivity index (χ1) is 22.3. The maximum absolute atomic E-state index is 13.2. The van der Waals surface area contributed by atoms with Gasteiger partial charge in [0.15, 0.2) is 11.0 Å². The molecule has 5 rings (SSSR count). The summed E-state index contributed by atoms with van der Waals surface area (Å²) in [5, 5.41) is 14.0. The summed E-state index contributed by atoms with van der Waals surface area (Å²) in [7, 11) is -3.62. The predicted molar refractivity (Wildman–Crippen MR) is 172 cm³/mol. The number of thioether (sulfide) groups is 1. The van der Waals surface area contributed by atoms with E-state index in [-0.39, 0.29) is 33.5 Å². The number of carbonyl (C=O) groups is 2. The Labute approximate surface area is 278 Å². The van der Waals surface area contributed by atoms with Crippen LogP contribution in [0.15, 0.2) is 70.7 Å². The summed E-state index contributed by atoms with van der Waals surface area (Å²) < 4.78 is 68.3. The third kappa shape index (κ3) is 7.80. The van der Waals surface area contributed by atoms with Gasteiger partial charge in [0.05, 0.1) is 39.2 Å². The van der Waals surface area contributed by atoms with Crippen molar-refractivity contribution in [2.24, 2.45) is 0 Å². The normalized spacial score (nSPS) is 13.9. The summed E-state index contributed by atoms with van der Waals surface area (Å²) in [5.74, 6) is -0.952. The zero-order valence-corrected chi connectivity index (χ0v) is 27.7. The molecule has 4 aromatic rings. The highest BCUT2D eigenvalue weighted by Gasteiger charge is 2.31. The SMILES string of the molecule is Cc1cccc(-n2c(CNC(=O)c3ccc(S(=O)(=O)N4CCCC4)cc3)nnc2SCC(=O)Nc2cc(C(F)(F)F)ccc2Cl)c1C. The van der Waals surface area contributed by atoms with Crippen LogP contribution in [0.4, 0.5) is 18.9 Å². The molecule has 1 aliphatic heterocycles. The molecule has 1 aliphatic rings. The van der Waals surface area contributed by atoms with Gasteiger partial charge in [-0.1, -0.05) is 35.5 Å². The molecule has 0 atom stereocenters. The van der Waals surface area contributed by atoms with Crippen LogP contribution in [-0.4, -0.2) is 58.1 Å². The van der Waals surface area contributed by atoms with Gasteiger partial charge in [0.2, 0.25) is 15.9 Å². The van der Waals surface area contributed by atoms with Gasteiger partial charge >= 0.3 is 6.18 Å². The maximum atomic E-state index is 13.2. The Bertz CT molecular complexity index is 1910. The number of alkyl halides is 3. The summed E-state index contributed by atoms with van der Waals surface area (Å²) in [4.78, 5) is 25.9. The van der Waals surface area contributed by atoms with Crippen molar-refractivity contribution in [2.75, 3.05) is 24.2 Å². The van der Waals surface area contributed by atoms with Gasteiger partial charge in [-0.25, -0.2) is 8.42 Å². The highest BCUT2D eigenvalue weighted by Crippen LogP contribution is 2.34. The highest BCUT2D eigenvalue weighted by molar-refractivity contribution is 7.99. The van der Waals surface area contributed by atoms with Crippen molar-refractivity contribution in [1.82, 2.24) is 24.4 Å². The minimum atomic E-state index is -4.61. The lowest BCUT2D eigenvalue weighted by atomic mass is 10.1. The van der Waals surface area contributed by atoms with Crippen LogP contribution in [0.2, 0.25) is 5.02 Å². The average Bonchev–Trinajstić information content (AvgIpc) is 3.72. The van der Waals surface area contributed by atoms with E-state index in [2.05, 4.69) is 20.8 Å². The second kappa shape index (κ2) is 14.1. The molecule has 0 bridgehead atoms. The summed E-state index contributed by atoms with van der Waals surface area (Å²) in [6.07, 6.45) is -2.98. The second-order valence-corrected chi connectivity index (χ2v) is 14.1. The topological polar surface area (TPSA) is 126 Å². The van der Waals surface area contributed by atoms with Gasteiger partial charge < -0.3 is 10.6 Å². The molecule has 0 aliphatic carbocycles. The number of sulfonamides is 1. The molecule has 0 radical (unpaired) electrons. The molecule has 0 saturated carbocycles. The first kappa shape index (κ1) is 34.4. The van der Waals surface area contributed by atoms with Gasteiger partial charge in [0.1, 0.15) is 0 Å². The predicted octanol–water partition coefficient (Wildman–Crippen LogP) is 6.00. The Hall–Kier alpha value is -3.92. The van der Waals surface area contributed by atoms with Crippen LogP contribution in [0, 0.1) is 13.8 Å². The van der Waals surface area contributed by atoms with Crippen molar-refractivity contribution in [2.45, 2.75) is 49.5 Å². The fourth-order valence-electron chi connectivity index (χ4n) is 4.96. The van der Waals surface area contributed by atoms with Crippen LogP contribution in [0.5, 0.6) is 0 Å². The van der Waals surface area contributed by atoms with Crippen molar-refractivity contribution < 1.29 is 31.2 Å². The van der Waals surface area contributed by atoms with Gasteiger partial charge in [-0.05, 0) is 86.3 Å². The monoisotopic (exact) mass is 706 g/mol. The number of carbonyl (C=O) groups excluding carboxylic acids is 2. The molecule has 248 valence electrons. The van der Waals surface area contributed by atoms with Crippen molar-refractivity contribution in [3.8, 4) is 5.69 Å². The van der Waals surface area contributed by atoms with Gasteiger partial charge in [0, 0.05) is 18.7 Å². The molecule has 2 heterocycles. The van der Waals surface area contributed by atoms with Crippen molar-refractivity contribution in [1.29, 1.82) is 0 Å². The first-order valence-corrected chi connectivity index (χ1v) is 17.2. The van der Waals surface area contributed by atoms with E-state index < -0.39 is 33.6 Å². The zero-order chi connectivity index (χ0) is 33.9. The summed E-state index contributed by atoms with van der Waals surface area (Å²) >= 11 is 7.03. The van der Waals surface area contributed by atoms with E-state index in [1.807, 2.05) is 32.0 Å². The van der Waals surface area contributed by atoms with E-state index in [0.29, 0.717) is 29.8 Å². The largest absolute Gasteiger partial charge is 0.416 e. The molecule has 47 heavy (non-hydrogen) atoms. The average molecular weight is 707 g/mol. The minimum absolute atomic E-state index is 0.0456. The summed E-state index contributed by atoms with van der Waals surface area (Å²) in [5.41, 5.74) is 1.71. The van der Waals surface area contributed by atoms with E-state index in [0.717, 1.165) is 53.9 Å². The first-order valence-electron chi connectivity index (χ1n) is 14.4. The lowest BCUT2D eigenvalue weighted by molar-refractivity contribution is -0.137. The number of nitrogens with one attached hydrogen (secondary N) is 2. The number of aromatic nitrogens is 3. The molecular weight excluding hydrogens is 677 g/mol. The molecule has 1 fully saturated rings. The number of rotatable bonds is 10. The molecule has 16 heteroatoms. The molecule has 10 nitrogen and oxygen atoms in total. The van der Waals surface area contributed by atoms with Crippen LogP contribution in [-0.2, 0) is 27.5 Å². The van der Waals surface area contributed by atoms with E-state index in [1.165, 1.54) is 28.6 Å². The second-order valence-electron chi connectivity index (χ2n) is 10.8. The molecular formula is C31H30ClF3N6O4S2. The maximum Gasteiger partial charge on any atom is 0.416 e. The van der Waals surface area contributed by atoms with Crippen molar-refractivity contribution >= 4 is 50.9 Å². The van der Waals surface area contributed by atoms with E-state index in [1.54, 1.807) is 4.57 Å². The van der Waals surface area contributed by atoms with Crippen LogP contribution >= 0.6 is 23.4 Å². The Morgan fingerprint density at radius 1 is 1.00 bits per heavy atom. The number of anilines is 1. The summed E-state index contributed by atoms with van der Waals surface area (Å²) in [6.45, 7) is 4.72. The van der Waals surface area contributed by atoms with Gasteiger partial charge in [-0.3, -0.25) is 14.2 Å². The standard InChI is InChI=1S/C31H30ClF3N6O4S2/c1-19-6-5-7-26(20(19)2)41-27(17-36-29(43)21-8-11-23(12-9-21)47(44,45)40-14-3-4-15-40)38-39-30(41)46-18-28(42)37-25-16-22(31(33,34)35)10-13-24(25)32/h5-13,16H,3-4,14-15,17-18H2,1-2H3,(H,36,43)(H,37,42). The number of aryl methyl sites for hydroxylation is 1. The lowest BCUT2D eigenvalue weighted by Crippen LogP contribution is -2.28. The number of hydrogen-bond donors (Lipinski definition) is 2. The zero-order valence-electron chi connectivity index (χ0n) is 25.3. The van der Waals surface area contributed by atoms with Gasteiger partial charge in [-0.2, -0.15) is 17.5 Å². The van der Waals surface area contributed by atoms with Crippen LogP contribution in [0.3, 0.4) is 0 Å².